The molecule has 0 N–H and O–H groups in total. The van der Waals surface area contributed by atoms with E-state index in [9.17, 15) is 0 Å². The van der Waals surface area contributed by atoms with E-state index in [1.54, 1.807) is 0 Å². The first-order valence-corrected chi connectivity index (χ1v) is 23.0. The summed E-state index contributed by atoms with van der Waals surface area (Å²) in [5, 5.41) is 14.3. The molecule has 312 valence electrons. The summed E-state index contributed by atoms with van der Waals surface area (Å²) >= 11 is 0. The molecule has 0 fully saturated rings. The summed E-state index contributed by atoms with van der Waals surface area (Å²) in [6.07, 6.45) is 6.51. The van der Waals surface area contributed by atoms with Crippen molar-refractivity contribution in [3.05, 3.63) is 236 Å². The van der Waals surface area contributed by atoms with E-state index >= 15 is 0 Å². The highest BCUT2D eigenvalue weighted by atomic mass is 16.5. The van der Waals surface area contributed by atoms with Gasteiger partial charge in [-0.25, -0.2) is 15.0 Å². The molecule has 0 amide bonds. The van der Waals surface area contributed by atoms with E-state index in [-0.39, 0.29) is 12.0 Å². The van der Waals surface area contributed by atoms with Crippen molar-refractivity contribution in [2.75, 3.05) is 0 Å². The van der Waals surface area contributed by atoms with Crippen molar-refractivity contribution in [1.82, 2.24) is 15.0 Å². The molecular weight excluding hydrogens is 815 g/mol. The molecule has 0 bridgehead atoms. The van der Waals surface area contributed by atoms with E-state index in [4.69, 9.17) is 19.7 Å². The number of benzene rings is 11. The van der Waals surface area contributed by atoms with Crippen molar-refractivity contribution in [3.8, 4) is 51.0 Å². The van der Waals surface area contributed by atoms with Gasteiger partial charge in [-0.1, -0.05) is 188 Å². The third-order valence-electron chi connectivity index (χ3n) is 14.1. The number of aromatic nitrogens is 3. The SMILES string of the molecule is C1=CC2Oc3cc(-c4cc5ccccc5c5ccccc45)ccc3C2C(c2ccc(-c3nc(-c4ccc5ccccc5c4)nc(-c4ccc5c(ccc6ccccc65)c4)n3)c3ccccc23)=C1. The predicted molar refractivity (Wildman–Crippen MR) is 277 cm³/mol. The molecule has 0 saturated heterocycles. The Balaban J connectivity index is 0.888. The number of nitrogens with zero attached hydrogens (tertiary/aromatic N) is 3. The lowest BCUT2D eigenvalue weighted by Gasteiger charge is -2.24. The molecule has 0 radical (unpaired) electrons. The third-order valence-corrected chi connectivity index (χ3v) is 14.1. The van der Waals surface area contributed by atoms with E-state index in [2.05, 4.69) is 224 Å². The topological polar surface area (TPSA) is 47.9 Å². The first-order valence-electron chi connectivity index (χ1n) is 23.0. The zero-order valence-corrected chi connectivity index (χ0v) is 36.3. The predicted octanol–water partition coefficient (Wildman–Crippen LogP) is 16.0. The Kier molecular flexibility index (Phi) is 8.37. The van der Waals surface area contributed by atoms with E-state index < -0.39 is 0 Å². The van der Waals surface area contributed by atoms with Crippen LogP contribution in [0.15, 0.2) is 224 Å². The third kappa shape index (κ3) is 6.11. The fraction of sp³-hybridized carbons (Fsp3) is 0.0317. The van der Waals surface area contributed by atoms with Gasteiger partial charge in [-0.2, -0.15) is 0 Å². The van der Waals surface area contributed by atoms with Crippen molar-refractivity contribution < 1.29 is 4.74 Å². The molecule has 67 heavy (non-hydrogen) atoms. The molecule has 2 aliphatic rings. The minimum atomic E-state index is -0.118. The lowest BCUT2D eigenvalue weighted by atomic mass is 9.79. The number of allylic oxidation sites excluding steroid dienone is 2. The normalized spacial score (nSPS) is 15.3. The number of hydrogen-bond donors (Lipinski definition) is 0. The Morgan fingerprint density at radius 3 is 1.66 bits per heavy atom. The highest BCUT2D eigenvalue weighted by Gasteiger charge is 2.38. The Labute approximate surface area is 386 Å². The van der Waals surface area contributed by atoms with Gasteiger partial charge in [-0.15, -0.1) is 0 Å². The van der Waals surface area contributed by atoms with E-state index in [0.29, 0.717) is 17.5 Å². The van der Waals surface area contributed by atoms with E-state index in [1.165, 1.54) is 65.4 Å². The van der Waals surface area contributed by atoms with Gasteiger partial charge in [-0.05, 0) is 123 Å². The molecule has 1 aliphatic heterocycles. The maximum Gasteiger partial charge on any atom is 0.164 e. The Morgan fingerprint density at radius 1 is 0.343 bits per heavy atom. The van der Waals surface area contributed by atoms with E-state index in [0.717, 1.165) is 49.5 Å². The number of ether oxygens (including phenoxy) is 1. The highest BCUT2D eigenvalue weighted by Crippen LogP contribution is 2.51. The lowest BCUT2D eigenvalue weighted by molar-refractivity contribution is 0.272. The van der Waals surface area contributed by atoms with Crippen molar-refractivity contribution in [1.29, 1.82) is 0 Å². The fourth-order valence-electron chi connectivity index (χ4n) is 10.9. The molecule has 2 atom stereocenters. The van der Waals surface area contributed by atoms with Gasteiger partial charge in [-0.3, -0.25) is 0 Å². The van der Waals surface area contributed by atoms with Crippen molar-refractivity contribution in [2.24, 2.45) is 0 Å². The minimum absolute atomic E-state index is 0.0324. The Hall–Kier alpha value is -8.73. The molecule has 1 aromatic heterocycles. The second-order valence-electron chi connectivity index (χ2n) is 17.8. The molecule has 4 heteroatoms. The van der Waals surface area contributed by atoms with Crippen LogP contribution in [0, 0.1) is 0 Å². The Morgan fingerprint density at radius 2 is 0.866 bits per heavy atom. The van der Waals surface area contributed by atoms with Crippen molar-refractivity contribution in [2.45, 2.75) is 12.0 Å². The lowest BCUT2D eigenvalue weighted by Crippen LogP contribution is -2.19. The summed E-state index contributed by atoms with van der Waals surface area (Å²) in [6, 6.07) is 74.0. The largest absolute Gasteiger partial charge is 0.485 e. The molecule has 2 heterocycles. The van der Waals surface area contributed by atoms with Crippen LogP contribution in [-0.4, -0.2) is 21.1 Å². The van der Waals surface area contributed by atoms with Crippen molar-refractivity contribution >= 4 is 70.2 Å². The second kappa shape index (κ2) is 14.9. The van der Waals surface area contributed by atoms with E-state index in [1.807, 2.05) is 0 Å². The number of fused-ring (bicyclic) bond motifs is 11. The van der Waals surface area contributed by atoms with Gasteiger partial charge in [0.05, 0.1) is 5.92 Å². The van der Waals surface area contributed by atoms with Gasteiger partial charge in [0.1, 0.15) is 11.9 Å². The highest BCUT2D eigenvalue weighted by molar-refractivity contribution is 6.14. The molecule has 14 rings (SSSR count). The summed E-state index contributed by atoms with van der Waals surface area (Å²) < 4.78 is 6.86. The summed E-state index contributed by atoms with van der Waals surface area (Å²) in [5.41, 5.74) is 8.81. The molecule has 12 aromatic rings. The smallest absolute Gasteiger partial charge is 0.164 e. The van der Waals surface area contributed by atoms with Gasteiger partial charge in [0.2, 0.25) is 0 Å². The van der Waals surface area contributed by atoms with Gasteiger partial charge in [0.25, 0.3) is 0 Å². The van der Waals surface area contributed by atoms with Gasteiger partial charge in [0, 0.05) is 22.3 Å². The van der Waals surface area contributed by atoms with Gasteiger partial charge in [0.15, 0.2) is 17.5 Å². The maximum atomic E-state index is 6.86. The summed E-state index contributed by atoms with van der Waals surface area (Å²) in [4.78, 5) is 15.8. The second-order valence-corrected chi connectivity index (χ2v) is 17.8. The van der Waals surface area contributed by atoms with Gasteiger partial charge < -0.3 is 4.74 Å². The monoisotopic (exact) mass is 853 g/mol. The molecule has 2 unspecified atom stereocenters. The minimum Gasteiger partial charge on any atom is -0.485 e. The first kappa shape index (κ1) is 37.6. The van der Waals surface area contributed by atoms with Crippen LogP contribution in [0.2, 0.25) is 0 Å². The van der Waals surface area contributed by atoms with Crippen LogP contribution >= 0.6 is 0 Å². The van der Waals surface area contributed by atoms with Crippen LogP contribution in [-0.2, 0) is 0 Å². The zero-order valence-electron chi connectivity index (χ0n) is 36.3. The number of hydrogen-bond acceptors (Lipinski definition) is 4. The zero-order chi connectivity index (χ0) is 44.0. The van der Waals surface area contributed by atoms with Crippen LogP contribution in [0.4, 0.5) is 0 Å². The summed E-state index contributed by atoms with van der Waals surface area (Å²) in [5.74, 6) is 2.87. The first-order chi connectivity index (χ1) is 33.2. The molecule has 0 saturated carbocycles. The molecule has 11 aromatic carbocycles. The van der Waals surface area contributed by atoms with Crippen LogP contribution in [0.5, 0.6) is 5.75 Å². The summed E-state index contributed by atoms with van der Waals surface area (Å²) in [7, 11) is 0. The Bertz CT molecular complexity index is 4110. The quantitative estimate of drug-likeness (QED) is 0.162. The maximum absolute atomic E-state index is 6.86. The average Bonchev–Trinajstić information content (AvgIpc) is 3.78. The molecule has 4 nitrogen and oxygen atoms in total. The van der Waals surface area contributed by atoms with Crippen LogP contribution in [0.25, 0.3) is 115 Å². The molecule has 0 spiro atoms. The number of rotatable bonds is 5. The van der Waals surface area contributed by atoms with Crippen LogP contribution < -0.4 is 4.74 Å². The van der Waals surface area contributed by atoms with Gasteiger partial charge >= 0.3 is 0 Å². The standard InChI is InChI=1S/C63H39N3O/c1-2-14-40-34-44(27-24-38(40)12-1)61-64-62(45-29-30-48-42(35-45)26-25-39-13-3-5-16-46(39)48)66-63(65-61)55-33-32-53(50-19-8-9-20-51(50)55)54-22-11-23-58-60(54)56-31-28-43(37-59(56)67-58)57-36-41-15-4-6-17-47(41)49-18-7-10-21-52(49)57/h1-37,58,60H. The average molecular weight is 854 g/mol. The molecule has 1 aliphatic carbocycles. The fourth-order valence-corrected chi connectivity index (χ4v) is 10.9. The molecular formula is C63H39N3O. The van der Waals surface area contributed by atoms with Crippen LogP contribution in [0.3, 0.4) is 0 Å². The van der Waals surface area contributed by atoms with Crippen LogP contribution in [0.1, 0.15) is 17.0 Å². The van der Waals surface area contributed by atoms with Crippen molar-refractivity contribution in [3.63, 3.8) is 0 Å². The summed E-state index contributed by atoms with van der Waals surface area (Å²) in [6.45, 7) is 0.